The zero-order valence-corrected chi connectivity index (χ0v) is 17.9. The van der Waals surface area contributed by atoms with E-state index in [-0.39, 0.29) is 27.3 Å². The molecule has 3 aromatic carbocycles. The summed E-state index contributed by atoms with van der Waals surface area (Å²) in [4.78, 5) is 17.4. The largest absolute Gasteiger partial charge is 0.422 e. The molecule has 7 nitrogen and oxygen atoms in total. The summed E-state index contributed by atoms with van der Waals surface area (Å²) in [5.41, 5.74) is 0.551. The molecule has 2 aromatic heterocycles. The number of hydrogen-bond donors (Lipinski definition) is 1. The predicted molar refractivity (Wildman–Crippen MR) is 123 cm³/mol. The van der Waals surface area contributed by atoms with Crippen molar-refractivity contribution in [2.75, 3.05) is 4.72 Å². The fourth-order valence-corrected chi connectivity index (χ4v) is 5.44. The zero-order chi connectivity index (χ0) is 22.3. The second-order valence-corrected chi connectivity index (χ2v) is 9.58. The predicted octanol–water partition coefficient (Wildman–Crippen LogP) is 4.74. The Kier molecular flexibility index (Phi) is 4.74. The second kappa shape index (κ2) is 7.60. The van der Waals surface area contributed by atoms with E-state index >= 15 is 0 Å². The number of thiazole rings is 1. The molecular formula is C23H13N3O4S2. The van der Waals surface area contributed by atoms with Gasteiger partial charge >= 0.3 is 5.63 Å². The Labute approximate surface area is 186 Å². The van der Waals surface area contributed by atoms with Gasteiger partial charge in [-0.05, 0) is 36.4 Å². The maximum absolute atomic E-state index is 12.8. The van der Waals surface area contributed by atoms with Gasteiger partial charge in [-0.1, -0.05) is 30.3 Å². The van der Waals surface area contributed by atoms with Crippen LogP contribution >= 0.6 is 11.3 Å². The van der Waals surface area contributed by atoms with Crippen LogP contribution in [0.5, 0.6) is 0 Å². The molecule has 0 spiro atoms. The summed E-state index contributed by atoms with van der Waals surface area (Å²) in [7, 11) is -3.82. The van der Waals surface area contributed by atoms with Gasteiger partial charge in [-0.15, -0.1) is 11.3 Å². The molecule has 5 aromatic rings. The molecule has 0 radical (unpaired) electrons. The third-order valence-corrected chi connectivity index (χ3v) is 7.28. The van der Waals surface area contributed by atoms with Crippen molar-refractivity contribution in [2.45, 2.75) is 4.90 Å². The number of hydrogen-bond acceptors (Lipinski definition) is 7. The molecule has 0 aliphatic heterocycles. The van der Waals surface area contributed by atoms with Crippen LogP contribution in [0.1, 0.15) is 5.56 Å². The van der Waals surface area contributed by atoms with Crippen LogP contribution in [0, 0.1) is 11.3 Å². The van der Waals surface area contributed by atoms with E-state index in [0.717, 1.165) is 10.2 Å². The highest BCUT2D eigenvalue weighted by Crippen LogP contribution is 2.33. The maximum Gasteiger partial charge on any atom is 0.348 e. The van der Waals surface area contributed by atoms with Crippen LogP contribution in [-0.4, -0.2) is 13.4 Å². The van der Waals surface area contributed by atoms with Gasteiger partial charge in [0.05, 0.1) is 26.4 Å². The van der Waals surface area contributed by atoms with Crippen LogP contribution in [-0.2, 0) is 10.0 Å². The Hall–Kier alpha value is -4.00. The Morgan fingerprint density at radius 2 is 1.75 bits per heavy atom. The molecule has 5 rings (SSSR count). The minimum absolute atomic E-state index is 0.0961. The lowest BCUT2D eigenvalue weighted by Crippen LogP contribution is -2.13. The summed E-state index contributed by atoms with van der Waals surface area (Å²) in [6.45, 7) is 0. The number of nitriles is 1. The van der Waals surface area contributed by atoms with Crippen LogP contribution in [0.15, 0.2) is 86.9 Å². The number of rotatable bonds is 4. The number of nitrogens with zero attached hydrogens (tertiary/aromatic N) is 2. The minimum atomic E-state index is -3.82. The van der Waals surface area contributed by atoms with Gasteiger partial charge < -0.3 is 4.42 Å². The number of anilines is 1. The Morgan fingerprint density at radius 3 is 2.50 bits per heavy atom. The number of benzene rings is 3. The van der Waals surface area contributed by atoms with Gasteiger partial charge in [0.15, 0.2) is 0 Å². The summed E-state index contributed by atoms with van der Waals surface area (Å²) in [6.07, 6.45) is 0. The van der Waals surface area contributed by atoms with Crippen molar-refractivity contribution in [3.63, 3.8) is 0 Å². The molecule has 0 saturated heterocycles. The first-order chi connectivity index (χ1) is 15.5. The minimum Gasteiger partial charge on any atom is -0.422 e. The smallest absolute Gasteiger partial charge is 0.348 e. The van der Waals surface area contributed by atoms with Gasteiger partial charge in [-0.3, -0.25) is 4.72 Å². The topological polar surface area (TPSA) is 113 Å². The standard InChI is InChI=1S/C23H13N3O4S2/c24-13-17-16-11-10-14(26-32(28,29)15-6-2-1-3-7-15)12-19(16)30-23(27)21(17)22-25-18-8-4-5-9-20(18)31-22/h1-12,26H. The van der Waals surface area contributed by atoms with Gasteiger partial charge in [-0.25, -0.2) is 18.2 Å². The first-order valence-corrected chi connectivity index (χ1v) is 11.7. The SMILES string of the molecule is N#Cc1c(-c2nc3ccccc3s2)c(=O)oc2cc(NS(=O)(=O)c3ccccc3)ccc12. The lowest BCUT2D eigenvalue weighted by molar-refractivity contribution is 0.563. The molecule has 9 heteroatoms. The fourth-order valence-electron chi connectivity index (χ4n) is 3.37. The highest BCUT2D eigenvalue weighted by Gasteiger charge is 2.21. The summed E-state index contributed by atoms with van der Waals surface area (Å²) in [5.74, 6) is 0. The van der Waals surface area contributed by atoms with Crippen LogP contribution in [0.3, 0.4) is 0 Å². The van der Waals surface area contributed by atoms with Crippen molar-refractivity contribution in [1.29, 1.82) is 5.26 Å². The average Bonchev–Trinajstić information content (AvgIpc) is 3.22. The summed E-state index contributed by atoms with van der Waals surface area (Å²) >= 11 is 1.30. The van der Waals surface area contributed by atoms with E-state index in [4.69, 9.17) is 4.42 Å². The van der Waals surface area contributed by atoms with E-state index in [9.17, 15) is 18.5 Å². The lowest BCUT2D eigenvalue weighted by Gasteiger charge is -2.09. The maximum atomic E-state index is 12.8. The molecule has 0 aliphatic rings. The summed E-state index contributed by atoms with van der Waals surface area (Å²) in [5, 5.41) is 10.6. The van der Waals surface area contributed by atoms with Gasteiger partial charge in [0.2, 0.25) is 0 Å². The Bertz CT molecular complexity index is 1670. The average molecular weight is 460 g/mol. The fraction of sp³-hybridized carbons (Fsp3) is 0. The van der Waals surface area contributed by atoms with Crippen molar-refractivity contribution in [1.82, 2.24) is 4.98 Å². The van der Waals surface area contributed by atoms with E-state index < -0.39 is 15.6 Å². The van der Waals surface area contributed by atoms with Crippen molar-refractivity contribution in [3.05, 3.63) is 88.8 Å². The van der Waals surface area contributed by atoms with E-state index in [2.05, 4.69) is 15.8 Å². The first kappa shape index (κ1) is 19.9. The van der Waals surface area contributed by atoms with Crippen LogP contribution in [0.2, 0.25) is 0 Å². The molecule has 0 amide bonds. The number of aromatic nitrogens is 1. The van der Waals surface area contributed by atoms with Gasteiger partial charge in [-0.2, -0.15) is 5.26 Å². The van der Waals surface area contributed by atoms with E-state index in [1.807, 2.05) is 24.3 Å². The van der Waals surface area contributed by atoms with Crippen molar-refractivity contribution >= 4 is 48.2 Å². The summed E-state index contributed by atoms with van der Waals surface area (Å²) < 4.78 is 34.0. The molecule has 0 fully saturated rings. The van der Waals surface area contributed by atoms with Crippen LogP contribution in [0.4, 0.5) is 5.69 Å². The molecule has 0 saturated carbocycles. The highest BCUT2D eigenvalue weighted by atomic mass is 32.2. The third kappa shape index (κ3) is 3.41. The van der Waals surface area contributed by atoms with Gasteiger partial charge in [0.1, 0.15) is 22.2 Å². The Balaban J connectivity index is 1.62. The molecule has 156 valence electrons. The second-order valence-electron chi connectivity index (χ2n) is 6.87. The molecule has 0 aliphatic carbocycles. The van der Waals surface area contributed by atoms with Crippen molar-refractivity contribution in [2.24, 2.45) is 0 Å². The van der Waals surface area contributed by atoms with Crippen LogP contribution in [0.25, 0.3) is 31.8 Å². The molecule has 0 unspecified atom stereocenters. The van der Waals surface area contributed by atoms with E-state index in [0.29, 0.717) is 10.4 Å². The molecule has 32 heavy (non-hydrogen) atoms. The lowest BCUT2D eigenvalue weighted by atomic mass is 10.1. The highest BCUT2D eigenvalue weighted by molar-refractivity contribution is 7.92. The number of fused-ring (bicyclic) bond motifs is 2. The number of para-hydroxylation sites is 1. The van der Waals surface area contributed by atoms with Gasteiger partial charge in [0.25, 0.3) is 10.0 Å². The number of nitrogens with one attached hydrogen (secondary N) is 1. The molecular weight excluding hydrogens is 446 g/mol. The summed E-state index contributed by atoms with van der Waals surface area (Å²) in [6, 6.07) is 21.9. The molecule has 2 heterocycles. The monoisotopic (exact) mass is 459 g/mol. The van der Waals surface area contributed by atoms with Crippen LogP contribution < -0.4 is 10.3 Å². The van der Waals surface area contributed by atoms with Crippen molar-refractivity contribution in [3.8, 4) is 16.6 Å². The van der Waals surface area contributed by atoms with Gasteiger partial charge in [0, 0.05) is 11.5 Å². The number of sulfonamides is 1. The Morgan fingerprint density at radius 1 is 1.00 bits per heavy atom. The zero-order valence-electron chi connectivity index (χ0n) is 16.3. The third-order valence-electron chi connectivity index (χ3n) is 4.83. The normalized spacial score (nSPS) is 11.5. The molecule has 1 N–H and O–H groups in total. The first-order valence-electron chi connectivity index (χ1n) is 9.41. The molecule has 0 atom stereocenters. The molecule has 0 bridgehead atoms. The van der Waals surface area contributed by atoms with E-state index in [1.165, 1.54) is 35.6 Å². The van der Waals surface area contributed by atoms with E-state index in [1.54, 1.807) is 24.3 Å². The quantitative estimate of drug-likeness (QED) is 0.388. The van der Waals surface area contributed by atoms with Crippen molar-refractivity contribution < 1.29 is 12.8 Å².